The molecule has 0 radical (unpaired) electrons. The van der Waals surface area contributed by atoms with E-state index in [9.17, 15) is 0 Å². The van der Waals surface area contributed by atoms with Gasteiger partial charge in [-0.05, 0) is 51.2 Å². The van der Waals surface area contributed by atoms with Crippen molar-refractivity contribution in [2.24, 2.45) is 0 Å². The Labute approximate surface area is 264 Å². The van der Waals surface area contributed by atoms with Gasteiger partial charge in [0.2, 0.25) is 0 Å². The monoisotopic (exact) mass is 594 g/mol. The molecule has 2 unspecified atom stereocenters. The number of nitrogens with zero attached hydrogens (tertiary/aromatic N) is 2. The first kappa shape index (κ1) is 25.1. The Kier molecular flexibility index (Phi) is 5.34. The molecular formula is C41H26N2OS. The number of thioether (sulfide) groups is 1. The SMILES string of the molecule is C1=C(c2ccc(-c3cccc4ccccc34)cc2)c2nc(-n3c4ccccc4c4ccccc43)oc2C2c3ccccc3SC12. The Morgan fingerprint density at radius 3 is 2.04 bits per heavy atom. The fourth-order valence-electron chi connectivity index (χ4n) is 7.39. The lowest BCUT2D eigenvalue weighted by molar-refractivity contribution is 0.469. The summed E-state index contributed by atoms with van der Waals surface area (Å²) < 4.78 is 9.12. The van der Waals surface area contributed by atoms with Crippen molar-refractivity contribution in [1.29, 1.82) is 0 Å². The Balaban J connectivity index is 1.16. The second-order valence-corrected chi connectivity index (χ2v) is 13.1. The van der Waals surface area contributed by atoms with Crippen molar-refractivity contribution in [2.45, 2.75) is 16.1 Å². The van der Waals surface area contributed by atoms with Crippen molar-refractivity contribution in [3.05, 3.63) is 168 Å². The minimum Gasteiger partial charge on any atom is -0.427 e. The molecule has 3 heterocycles. The first-order valence-electron chi connectivity index (χ1n) is 15.4. The van der Waals surface area contributed by atoms with E-state index in [4.69, 9.17) is 9.40 Å². The molecule has 6 aromatic carbocycles. The van der Waals surface area contributed by atoms with Crippen LogP contribution < -0.4 is 0 Å². The van der Waals surface area contributed by atoms with Crippen molar-refractivity contribution in [1.82, 2.24) is 9.55 Å². The average molecular weight is 595 g/mol. The number of rotatable bonds is 3. The summed E-state index contributed by atoms with van der Waals surface area (Å²) in [6, 6.07) is 50.5. The second-order valence-electron chi connectivity index (χ2n) is 11.9. The van der Waals surface area contributed by atoms with Crippen LogP contribution >= 0.6 is 11.8 Å². The molecular weight excluding hydrogens is 569 g/mol. The fourth-order valence-corrected chi connectivity index (χ4v) is 8.78. The number of benzene rings is 6. The topological polar surface area (TPSA) is 31.0 Å². The maximum atomic E-state index is 6.93. The van der Waals surface area contributed by atoms with Crippen LogP contribution in [0.4, 0.5) is 0 Å². The van der Waals surface area contributed by atoms with Gasteiger partial charge < -0.3 is 4.42 Å². The third kappa shape index (κ3) is 3.69. The summed E-state index contributed by atoms with van der Waals surface area (Å²) in [5.41, 5.74) is 9.18. The van der Waals surface area contributed by atoms with Crippen molar-refractivity contribution in [2.75, 3.05) is 0 Å². The number of oxazole rings is 1. The van der Waals surface area contributed by atoms with Gasteiger partial charge in [-0.3, -0.25) is 4.57 Å². The second kappa shape index (κ2) is 9.59. The molecule has 1 aliphatic carbocycles. The number of para-hydroxylation sites is 2. The van der Waals surface area contributed by atoms with E-state index in [0.717, 1.165) is 33.6 Å². The van der Waals surface area contributed by atoms with Crippen LogP contribution in [-0.2, 0) is 0 Å². The molecule has 2 aromatic heterocycles. The molecule has 4 heteroatoms. The van der Waals surface area contributed by atoms with Crippen molar-refractivity contribution in [3.8, 4) is 17.1 Å². The van der Waals surface area contributed by atoms with Gasteiger partial charge in [0.1, 0.15) is 11.5 Å². The Morgan fingerprint density at radius 2 is 1.24 bits per heavy atom. The van der Waals surface area contributed by atoms with Gasteiger partial charge in [0.25, 0.3) is 0 Å². The highest BCUT2D eigenvalue weighted by Crippen LogP contribution is 2.54. The fraction of sp³-hybridized carbons (Fsp3) is 0.0488. The van der Waals surface area contributed by atoms with Crippen LogP contribution in [0.3, 0.4) is 0 Å². The smallest absolute Gasteiger partial charge is 0.307 e. The highest BCUT2D eigenvalue weighted by atomic mass is 32.2. The quantitative estimate of drug-likeness (QED) is 0.204. The largest absolute Gasteiger partial charge is 0.427 e. The standard InChI is InChI=1S/C41H26N2OS/c1-2-12-28-25(10-1)11-9-16-29(28)26-20-22-27(23-21-26)33-24-37-38(32-15-5-8-19-36(32)45-37)40-39(33)42-41(44-40)43-34-17-6-3-13-30(34)31-14-4-7-18-35(31)43/h1-24,37-38H. The van der Waals surface area contributed by atoms with Gasteiger partial charge in [-0.15, -0.1) is 11.8 Å². The molecule has 0 fully saturated rings. The summed E-state index contributed by atoms with van der Waals surface area (Å²) in [6.07, 6.45) is 2.42. The Morgan fingerprint density at radius 1 is 0.600 bits per heavy atom. The maximum absolute atomic E-state index is 6.93. The van der Waals surface area contributed by atoms with E-state index in [-0.39, 0.29) is 11.2 Å². The Hall–Kier alpha value is -5.32. The molecule has 0 N–H and O–H groups in total. The summed E-state index contributed by atoms with van der Waals surface area (Å²) in [5.74, 6) is 1.07. The van der Waals surface area contributed by atoms with Crippen molar-refractivity contribution < 1.29 is 4.42 Å². The third-order valence-electron chi connectivity index (χ3n) is 9.42. The van der Waals surface area contributed by atoms with Gasteiger partial charge in [-0.25, -0.2) is 0 Å². The molecule has 0 spiro atoms. The van der Waals surface area contributed by atoms with E-state index < -0.39 is 0 Å². The first-order valence-corrected chi connectivity index (χ1v) is 16.3. The van der Waals surface area contributed by atoms with Crippen LogP contribution in [0.25, 0.3) is 55.3 Å². The van der Waals surface area contributed by atoms with Gasteiger partial charge in [0, 0.05) is 26.5 Å². The normalized spacial score (nSPS) is 16.9. The highest BCUT2D eigenvalue weighted by Gasteiger charge is 2.42. The number of fused-ring (bicyclic) bond motifs is 9. The summed E-state index contributed by atoms with van der Waals surface area (Å²) in [4.78, 5) is 6.64. The van der Waals surface area contributed by atoms with E-state index in [1.807, 2.05) is 11.8 Å². The zero-order valence-corrected chi connectivity index (χ0v) is 25.0. The van der Waals surface area contributed by atoms with E-state index in [1.54, 1.807) is 0 Å². The predicted octanol–water partition coefficient (Wildman–Crippen LogP) is 10.6. The van der Waals surface area contributed by atoms with Crippen LogP contribution in [0.1, 0.15) is 28.5 Å². The molecule has 0 bridgehead atoms. The lowest BCUT2D eigenvalue weighted by atomic mass is 9.83. The molecule has 0 saturated heterocycles. The molecule has 10 rings (SSSR count). The summed E-state index contributed by atoms with van der Waals surface area (Å²) >= 11 is 1.92. The highest BCUT2D eigenvalue weighted by molar-refractivity contribution is 8.00. The van der Waals surface area contributed by atoms with Crippen LogP contribution in [-0.4, -0.2) is 14.8 Å². The van der Waals surface area contributed by atoms with Crippen molar-refractivity contribution >= 4 is 49.9 Å². The zero-order chi connectivity index (χ0) is 29.5. The van der Waals surface area contributed by atoms with Crippen LogP contribution in [0.2, 0.25) is 0 Å². The molecule has 2 atom stereocenters. The average Bonchev–Trinajstić information content (AvgIpc) is 3.79. The van der Waals surface area contributed by atoms with E-state index in [2.05, 4.69) is 150 Å². The van der Waals surface area contributed by atoms with Gasteiger partial charge in [-0.2, -0.15) is 4.98 Å². The Bertz CT molecular complexity index is 2420. The number of aromatic nitrogens is 2. The van der Waals surface area contributed by atoms with Crippen LogP contribution in [0, 0.1) is 0 Å². The van der Waals surface area contributed by atoms with E-state index in [0.29, 0.717) is 6.01 Å². The molecule has 1 aliphatic heterocycles. The van der Waals surface area contributed by atoms with E-state index in [1.165, 1.54) is 43.1 Å². The third-order valence-corrected chi connectivity index (χ3v) is 10.7. The van der Waals surface area contributed by atoms with Crippen molar-refractivity contribution in [3.63, 3.8) is 0 Å². The van der Waals surface area contributed by atoms with Gasteiger partial charge >= 0.3 is 6.01 Å². The summed E-state index contributed by atoms with van der Waals surface area (Å²) in [6.45, 7) is 0. The minimum absolute atomic E-state index is 0.120. The molecule has 8 aromatic rings. The van der Waals surface area contributed by atoms with Gasteiger partial charge in [0.05, 0.1) is 17.0 Å². The maximum Gasteiger partial charge on any atom is 0.307 e. The molecule has 2 aliphatic rings. The van der Waals surface area contributed by atoms with Crippen LogP contribution in [0.15, 0.2) is 155 Å². The molecule has 0 amide bonds. The number of hydrogen-bond acceptors (Lipinski definition) is 3. The lowest BCUT2D eigenvalue weighted by Gasteiger charge is -2.22. The predicted molar refractivity (Wildman–Crippen MR) is 185 cm³/mol. The molecule has 0 saturated carbocycles. The van der Waals surface area contributed by atoms with E-state index >= 15 is 0 Å². The minimum atomic E-state index is 0.120. The van der Waals surface area contributed by atoms with Gasteiger partial charge in [0.15, 0.2) is 0 Å². The first-order chi connectivity index (χ1) is 22.3. The lowest BCUT2D eigenvalue weighted by Crippen LogP contribution is -2.16. The summed E-state index contributed by atoms with van der Waals surface area (Å²) in [5, 5.41) is 5.15. The van der Waals surface area contributed by atoms with Crippen LogP contribution in [0.5, 0.6) is 0 Å². The summed E-state index contributed by atoms with van der Waals surface area (Å²) in [7, 11) is 0. The molecule has 212 valence electrons. The molecule has 45 heavy (non-hydrogen) atoms. The number of hydrogen-bond donors (Lipinski definition) is 0. The van der Waals surface area contributed by atoms with Gasteiger partial charge in [-0.1, -0.05) is 127 Å². The zero-order valence-electron chi connectivity index (χ0n) is 24.2. The molecule has 3 nitrogen and oxygen atoms in total.